The van der Waals surface area contributed by atoms with Gasteiger partial charge in [0.05, 0.1) is 4.92 Å². The fourth-order valence-electron chi connectivity index (χ4n) is 1.63. The van der Waals surface area contributed by atoms with E-state index in [1.54, 1.807) is 13.0 Å². The third-order valence-corrected chi connectivity index (χ3v) is 3.52. The van der Waals surface area contributed by atoms with E-state index >= 15 is 0 Å². The highest BCUT2D eigenvalue weighted by atomic mass is 79.9. The van der Waals surface area contributed by atoms with Crippen LogP contribution < -0.4 is 5.32 Å². The Labute approximate surface area is 120 Å². The minimum atomic E-state index is -0.492. The molecule has 0 aliphatic rings. The minimum absolute atomic E-state index is 0.00734. The lowest BCUT2D eigenvalue weighted by Crippen LogP contribution is -2.39. The highest BCUT2D eigenvalue weighted by Gasteiger charge is 2.18. The molecule has 0 aromatic heterocycles. The number of nitro groups is 1. The smallest absolute Gasteiger partial charge is 0.270 e. The molecule has 6 heteroatoms. The molecule has 1 unspecified atom stereocenters. The van der Waals surface area contributed by atoms with E-state index in [-0.39, 0.29) is 23.6 Å². The van der Waals surface area contributed by atoms with Gasteiger partial charge < -0.3 is 5.32 Å². The van der Waals surface area contributed by atoms with E-state index in [0.29, 0.717) is 16.5 Å². The molecule has 104 valence electrons. The van der Waals surface area contributed by atoms with Crippen LogP contribution in [0.3, 0.4) is 0 Å². The fourth-order valence-corrected chi connectivity index (χ4v) is 2.54. The van der Waals surface area contributed by atoms with Crippen molar-refractivity contribution in [1.82, 2.24) is 5.32 Å². The number of aryl methyl sites for hydroxylation is 1. The highest BCUT2D eigenvalue weighted by Crippen LogP contribution is 2.17. The molecule has 0 aliphatic carbocycles. The van der Waals surface area contributed by atoms with Crippen molar-refractivity contribution >= 4 is 27.5 Å². The molecule has 0 saturated heterocycles. The molecule has 0 heterocycles. The van der Waals surface area contributed by atoms with E-state index in [4.69, 9.17) is 0 Å². The van der Waals surface area contributed by atoms with Gasteiger partial charge in [-0.05, 0) is 24.5 Å². The lowest BCUT2D eigenvalue weighted by Gasteiger charge is -2.19. The van der Waals surface area contributed by atoms with Crippen molar-refractivity contribution in [3.8, 4) is 0 Å². The highest BCUT2D eigenvalue weighted by molar-refractivity contribution is 9.09. The zero-order valence-electron chi connectivity index (χ0n) is 11.1. The van der Waals surface area contributed by atoms with Crippen molar-refractivity contribution in [3.63, 3.8) is 0 Å². The van der Waals surface area contributed by atoms with Crippen molar-refractivity contribution in [2.24, 2.45) is 5.92 Å². The first-order valence-corrected chi connectivity index (χ1v) is 7.10. The molecule has 0 spiro atoms. The molecule has 0 bridgehead atoms. The van der Waals surface area contributed by atoms with Crippen molar-refractivity contribution in [3.05, 3.63) is 39.4 Å². The molecule has 0 saturated carbocycles. The van der Waals surface area contributed by atoms with Gasteiger partial charge in [0, 0.05) is 29.1 Å². The Bertz CT molecular complexity index is 489. The van der Waals surface area contributed by atoms with Gasteiger partial charge in [-0.3, -0.25) is 14.9 Å². The summed E-state index contributed by atoms with van der Waals surface area (Å²) in [5.74, 6) is -0.00642. The first-order chi connectivity index (χ1) is 8.85. The van der Waals surface area contributed by atoms with Gasteiger partial charge in [-0.25, -0.2) is 0 Å². The van der Waals surface area contributed by atoms with E-state index in [9.17, 15) is 14.9 Å². The molecule has 5 nitrogen and oxygen atoms in total. The quantitative estimate of drug-likeness (QED) is 0.513. The van der Waals surface area contributed by atoms with Gasteiger partial charge in [0.2, 0.25) is 0 Å². The molecule has 19 heavy (non-hydrogen) atoms. The second kappa shape index (κ2) is 6.65. The van der Waals surface area contributed by atoms with Crippen LogP contribution in [0.15, 0.2) is 18.2 Å². The van der Waals surface area contributed by atoms with Gasteiger partial charge in [-0.15, -0.1) is 0 Å². The Morgan fingerprint density at radius 3 is 2.53 bits per heavy atom. The number of benzene rings is 1. The van der Waals surface area contributed by atoms with Crippen molar-refractivity contribution < 1.29 is 9.72 Å². The summed E-state index contributed by atoms with van der Waals surface area (Å²) in [4.78, 5) is 22.4. The number of nitro benzene ring substituents is 1. The zero-order chi connectivity index (χ0) is 14.6. The Hall–Kier alpha value is -1.43. The first-order valence-electron chi connectivity index (χ1n) is 5.98. The summed E-state index contributed by atoms with van der Waals surface area (Å²) in [5.41, 5.74) is 0.947. The van der Waals surface area contributed by atoms with E-state index in [2.05, 4.69) is 21.2 Å². The van der Waals surface area contributed by atoms with Gasteiger partial charge >= 0.3 is 0 Å². The standard InChI is InChI=1S/C13H17BrN2O3/c1-8(2)12(7-14)15-13(17)10-4-9(3)5-11(6-10)16(18)19/h4-6,8,12H,7H2,1-3H3,(H,15,17). The zero-order valence-corrected chi connectivity index (χ0v) is 12.7. The average Bonchev–Trinajstić information content (AvgIpc) is 2.34. The third kappa shape index (κ3) is 4.31. The summed E-state index contributed by atoms with van der Waals surface area (Å²) < 4.78 is 0. The topological polar surface area (TPSA) is 72.2 Å². The van der Waals surface area contributed by atoms with Gasteiger partial charge in [0.15, 0.2) is 0 Å². The molecule has 0 fully saturated rings. The van der Waals surface area contributed by atoms with Crippen LogP contribution in [0.4, 0.5) is 5.69 Å². The Morgan fingerprint density at radius 2 is 2.05 bits per heavy atom. The first kappa shape index (κ1) is 15.6. The number of rotatable bonds is 5. The maximum Gasteiger partial charge on any atom is 0.270 e. The van der Waals surface area contributed by atoms with Crippen LogP contribution in [0.5, 0.6) is 0 Å². The van der Waals surface area contributed by atoms with Crippen LogP contribution in [-0.2, 0) is 0 Å². The van der Waals surface area contributed by atoms with Crippen molar-refractivity contribution in [2.75, 3.05) is 5.33 Å². The van der Waals surface area contributed by atoms with Crippen LogP contribution in [0.1, 0.15) is 29.8 Å². The van der Waals surface area contributed by atoms with Gasteiger partial charge in [-0.1, -0.05) is 29.8 Å². The van der Waals surface area contributed by atoms with Crippen LogP contribution in [-0.4, -0.2) is 22.2 Å². The largest absolute Gasteiger partial charge is 0.348 e. The number of hydrogen-bond donors (Lipinski definition) is 1. The van der Waals surface area contributed by atoms with E-state index in [0.717, 1.165) is 0 Å². The number of amides is 1. The summed E-state index contributed by atoms with van der Waals surface area (Å²) in [7, 11) is 0. The molecule has 0 aliphatic heterocycles. The predicted molar refractivity (Wildman–Crippen MR) is 77.7 cm³/mol. The number of halogens is 1. The summed E-state index contributed by atoms with van der Waals surface area (Å²) >= 11 is 3.35. The summed E-state index contributed by atoms with van der Waals surface area (Å²) in [6, 6.07) is 4.38. The van der Waals surface area contributed by atoms with Gasteiger partial charge in [-0.2, -0.15) is 0 Å². The third-order valence-electron chi connectivity index (χ3n) is 2.82. The van der Waals surface area contributed by atoms with Gasteiger partial charge in [0.25, 0.3) is 11.6 Å². The number of nitrogens with one attached hydrogen (secondary N) is 1. The van der Waals surface area contributed by atoms with Crippen molar-refractivity contribution in [2.45, 2.75) is 26.8 Å². The number of non-ortho nitro benzene ring substituents is 1. The maximum atomic E-state index is 12.1. The van der Waals surface area contributed by atoms with Gasteiger partial charge in [0.1, 0.15) is 0 Å². The Morgan fingerprint density at radius 1 is 1.42 bits per heavy atom. The second-order valence-corrected chi connectivity index (χ2v) is 5.44. The molecular weight excluding hydrogens is 312 g/mol. The van der Waals surface area contributed by atoms with Crippen LogP contribution in [0.25, 0.3) is 0 Å². The number of hydrogen-bond acceptors (Lipinski definition) is 3. The summed E-state index contributed by atoms with van der Waals surface area (Å²) in [6.07, 6.45) is 0. The van der Waals surface area contributed by atoms with Crippen LogP contribution in [0, 0.1) is 23.0 Å². The summed E-state index contributed by atoms with van der Waals surface area (Å²) in [5, 5.41) is 14.3. The van der Waals surface area contributed by atoms with E-state index in [1.165, 1.54) is 12.1 Å². The molecule has 1 N–H and O–H groups in total. The number of nitrogens with zero attached hydrogens (tertiary/aromatic N) is 1. The molecule has 1 aromatic carbocycles. The van der Waals surface area contributed by atoms with Crippen molar-refractivity contribution in [1.29, 1.82) is 0 Å². The monoisotopic (exact) mass is 328 g/mol. The lowest BCUT2D eigenvalue weighted by atomic mass is 10.0. The molecule has 0 radical (unpaired) electrons. The number of carbonyl (C=O) groups excluding carboxylic acids is 1. The Balaban J connectivity index is 2.96. The summed E-state index contributed by atoms with van der Waals surface area (Å²) in [6.45, 7) is 5.74. The molecule has 1 rings (SSSR count). The average molecular weight is 329 g/mol. The predicted octanol–water partition coefficient (Wildman–Crippen LogP) is 3.05. The second-order valence-electron chi connectivity index (χ2n) is 4.79. The van der Waals surface area contributed by atoms with E-state index in [1.807, 2.05) is 13.8 Å². The van der Waals surface area contributed by atoms with Crippen LogP contribution >= 0.6 is 15.9 Å². The normalized spacial score (nSPS) is 12.3. The Kier molecular flexibility index (Phi) is 5.47. The molecule has 1 aromatic rings. The molecule has 1 amide bonds. The lowest BCUT2D eigenvalue weighted by molar-refractivity contribution is -0.384. The minimum Gasteiger partial charge on any atom is -0.348 e. The number of alkyl halides is 1. The number of carbonyl (C=O) groups is 1. The molecular formula is C13H17BrN2O3. The SMILES string of the molecule is Cc1cc(C(=O)NC(CBr)C(C)C)cc([N+](=O)[O-])c1. The van der Waals surface area contributed by atoms with E-state index < -0.39 is 4.92 Å². The maximum absolute atomic E-state index is 12.1. The van der Waals surface area contributed by atoms with Crippen LogP contribution in [0.2, 0.25) is 0 Å². The fraction of sp³-hybridized carbons (Fsp3) is 0.462. The molecule has 1 atom stereocenters.